The van der Waals surface area contributed by atoms with Crippen LogP contribution in [0.5, 0.6) is 0 Å². The highest BCUT2D eigenvalue weighted by molar-refractivity contribution is 6.25. The Bertz CT molecular complexity index is 2850. The first-order valence-corrected chi connectivity index (χ1v) is 18.7. The molecule has 10 aromatic rings. The number of hydrogen-bond acceptors (Lipinski definition) is 3. The van der Waals surface area contributed by atoms with Crippen LogP contribution in [0.25, 0.3) is 77.3 Å². The summed E-state index contributed by atoms with van der Waals surface area (Å²) in [5.41, 5.74) is 12.5. The van der Waals surface area contributed by atoms with Crippen molar-refractivity contribution in [3.8, 4) is 44.9 Å². The van der Waals surface area contributed by atoms with E-state index in [1.807, 2.05) is 0 Å². The van der Waals surface area contributed by atoms with E-state index in [1.54, 1.807) is 0 Å². The molecule has 0 aliphatic carbocycles. The summed E-state index contributed by atoms with van der Waals surface area (Å²) in [6.07, 6.45) is 0. The zero-order valence-electron chi connectivity index (χ0n) is 30.0. The predicted octanol–water partition coefficient (Wildman–Crippen LogP) is 14.1. The second kappa shape index (κ2) is 13.9. The SMILES string of the molecule is c1ccc(-c2cc(-c3ccccc3)nc(-c3cc4c(-c5ccccc5)nc5cc(N(c6ccccc6)c6ccccc6)ccc5c4c4ccccc34)c2)cc1. The smallest absolute Gasteiger partial charge is 0.0788 e. The number of benzene rings is 8. The molecule has 0 N–H and O–H groups in total. The Balaban J connectivity index is 1.26. The van der Waals surface area contributed by atoms with Crippen molar-refractivity contribution < 1.29 is 0 Å². The number of anilines is 3. The van der Waals surface area contributed by atoms with E-state index in [-0.39, 0.29) is 0 Å². The molecule has 0 spiro atoms. The average molecular weight is 702 g/mol. The van der Waals surface area contributed by atoms with Crippen molar-refractivity contribution in [1.29, 1.82) is 0 Å². The van der Waals surface area contributed by atoms with E-state index >= 15 is 0 Å². The molecule has 10 rings (SSSR count). The topological polar surface area (TPSA) is 29.0 Å². The summed E-state index contributed by atoms with van der Waals surface area (Å²) in [6.45, 7) is 0. The fourth-order valence-corrected chi connectivity index (χ4v) is 7.85. The maximum absolute atomic E-state index is 5.53. The van der Waals surface area contributed by atoms with Crippen LogP contribution in [0.15, 0.2) is 212 Å². The summed E-state index contributed by atoms with van der Waals surface area (Å²) in [7, 11) is 0. The molecule has 0 radical (unpaired) electrons. The summed E-state index contributed by atoms with van der Waals surface area (Å²) in [6, 6.07) is 74.9. The van der Waals surface area contributed by atoms with Gasteiger partial charge in [0.25, 0.3) is 0 Å². The van der Waals surface area contributed by atoms with Crippen molar-refractivity contribution in [2.45, 2.75) is 0 Å². The molecule has 258 valence electrons. The molecule has 0 atom stereocenters. The lowest BCUT2D eigenvalue weighted by atomic mass is 9.90. The number of pyridine rings is 2. The molecule has 0 amide bonds. The van der Waals surface area contributed by atoms with Crippen LogP contribution >= 0.6 is 0 Å². The van der Waals surface area contributed by atoms with E-state index in [2.05, 4.69) is 217 Å². The predicted molar refractivity (Wildman–Crippen MR) is 231 cm³/mol. The molecule has 8 aromatic carbocycles. The van der Waals surface area contributed by atoms with Crippen molar-refractivity contribution >= 4 is 49.5 Å². The minimum atomic E-state index is 0.925. The first-order valence-electron chi connectivity index (χ1n) is 18.7. The second-order valence-electron chi connectivity index (χ2n) is 13.8. The Morgan fingerprint density at radius 2 is 0.836 bits per heavy atom. The summed E-state index contributed by atoms with van der Waals surface area (Å²) in [4.78, 5) is 13.2. The van der Waals surface area contributed by atoms with Gasteiger partial charge in [0.15, 0.2) is 0 Å². The Morgan fingerprint density at radius 3 is 1.47 bits per heavy atom. The maximum Gasteiger partial charge on any atom is 0.0788 e. The summed E-state index contributed by atoms with van der Waals surface area (Å²) < 4.78 is 0. The first-order chi connectivity index (χ1) is 27.3. The monoisotopic (exact) mass is 701 g/mol. The summed E-state index contributed by atoms with van der Waals surface area (Å²) in [5, 5.41) is 5.71. The van der Waals surface area contributed by atoms with Gasteiger partial charge in [-0.2, -0.15) is 0 Å². The van der Waals surface area contributed by atoms with Crippen LogP contribution in [-0.4, -0.2) is 9.97 Å². The summed E-state index contributed by atoms with van der Waals surface area (Å²) in [5.74, 6) is 0. The van der Waals surface area contributed by atoms with Gasteiger partial charge in [0.2, 0.25) is 0 Å². The van der Waals surface area contributed by atoms with Gasteiger partial charge < -0.3 is 4.90 Å². The molecule has 2 aromatic heterocycles. The van der Waals surface area contributed by atoms with Crippen molar-refractivity contribution in [3.05, 3.63) is 212 Å². The Kier molecular flexibility index (Phi) is 8.16. The van der Waals surface area contributed by atoms with Gasteiger partial charge >= 0.3 is 0 Å². The van der Waals surface area contributed by atoms with Crippen LogP contribution in [0.2, 0.25) is 0 Å². The third-order valence-corrected chi connectivity index (χ3v) is 10.4. The van der Waals surface area contributed by atoms with Gasteiger partial charge in [0.05, 0.1) is 22.6 Å². The molecular weight excluding hydrogens is 667 g/mol. The van der Waals surface area contributed by atoms with Gasteiger partial charge in [-0.25, -0.2) is 9.97 Å². The highest BCUT2D eigenvalue weighted by Crippen LogP contribution is 2.44. The van der Waals surface area contributed by atoms with E-state index < -0.39 is 0 Å². The van der Waals surface area contributed by atoms with Crippen LogP contribution in [-0.2, 0) is 0 Å². The number of aromatic nitrogens is 2. The van der Waals surface area contributed by atoms with Crippen LogP contribution < -0.4 is 4.90 Å². The molecule has 0 unspecified atom stereocenters. The Hall–Kier alpha value is -7.36. The minimum Gasteiger partial charge on any atom is -0.310 e. The van der Waals surface area contributed by atoms with Crippen LogP contribution in [0.3, 0.4) is 0 Å². The van der Waals surface area contributed by atoms with E-state index in [9.17, 15) is 0 Å². The molecule has 0 aliphatic rings. The second-order valence-corrected chi connectivity index (χ2v) is 13.8. The number of nitrogens with zero attached hydrogens (tertiary/aromatic N) is 3. The van der Waals surface area contributed by atoms with Crippen molar-refractivity contribution in [3.63, 3.8) is 0 Å². The zero-order chi connectivity index (χ0) is 36.6. The molecule has 3 heteroatoms. The van der Waals surface area contributed by atoms with Crippen molar-refractivity contribution in [2.24, 2.45) is 0 Å². The third-order valence-electron chi connectivity index (χ3n) is 10.4. The van der Waals surface area contributed by atoms with Gasteiger partial charge in [0.1, 0.15) is 0 Å². The normalized spacial score (nSPS) is 11.3. The summed E-state index contributed by atoms with van der Waals surface area (Å²) >= 11 is 0. The van der Waals surface area contributed by atoms with Crippen LogP contribution in [0.4, 0.5) is 17.1 Å². The highest BCUT2D eigenvalue weighted by atomic mass is 15.1. The fourth-order valence-electron chi connectivity index (χ4n) is 7.85. The van der Waals surface area contributed by atoms with Gasteiger partial charge in [-0.05, 0) is 76.5 Å². The Morgan fingerprint density at radius 1 is 0.309 bits per heavy atom. The van der Waals surface area contributed by atoms with E-state index in [4.69, 9.17) is 9.97 Å². The number of fused-ring (bicyclic) bond motifs is 5. The highest BCUT2D eigenvalue weighted by Gasteiger charge is 2.20. The molecule has 0 saturated heterocycles. The number of rotatable bonds is 7. The van der Waals surface area contributed by atoms with Gasteiger partial charge in [-0.1, -0.05) is 158 Å². The van der Waals surface area contributed by atoms with E-state index in [0.29, 0.717) is 0 Å². The standard InChI is InChI=1S/C52H35N3/c1-6-18-36(19-7-1)39-32-48(37-20-8-2-9-21-37)53-49(33-39)46-35-47-51(44-29-17-16-28-43(44)46)45-31-30-42(34-50(45)54-52(47)38-22-10-3-11-23-38)55(40-24-12-4-13-25-40)41-26-14-5-15-27-41/h1-35H. The van der Waals surface area contributed by atoms with Crippen LogP contribution in [0.1, 0.15) is 0 Å². The molecule has 55 heavy (non-hydrogen) atoms. The average Bonchev–Trinajstić information content (AvgIpc) is 3.27. The molecule has 0 fully saturated rings. The quantitative estimate of drug-likeness (QED) is 0.155. The van der Waals surface area contributed by atoms with E-state index in [0.717, 1.165) is 83.6 Å². The largest absolute Gasteiger partial charge is 0.310 e. The van der Waals surface area contributed by atoms with Gasteiger partial charge in [0, 0.05) is 49.9 Å². The Labute approximate surface area is 320 Å². The number of para-hydroxylation sites is 2. The van der Waals surface area contributed by atoms with Gasteiger partial charge in [-0.15, -0.1) is 0 Å². The molecule has 0 saturated carbocycles. The maximum atomic E-state index is 5.53. The molecule has 0 aliphatic heterocycles. The molecular formula is C52H35N3. The lowest BCUT2D eigenvalue weighted by molar-refractivity contribution is 1.28. The van der Waals surface area contributed by atoms with Gasteiger partial charge in [-0.3, -0.25) is 0 Å². The zero-order valence-corrected chi connectivity index (χ0v) is 30.0. The molecule has 2 heterocycles. The lowest BCUT2D eigenvalue weighted by Crippen LogP contribution is -2.09. The first kappa shape index (κ1) is 32.3. The fraction of sp³-hybridized carbons (Fsp3) is 0. The van der Waals surface area contributed by atoms with Crippen LogP contribution in [0, 0.1) is 0 Å². The van der Waals surface area contributed by atoms with Crippen molar-refractivity contribution in [2.75, 3.05) is 4.90 Å². The molecule has 3 nitrogen and oxygen atoms in total. The number of hydrogen-bond donors (Lipinski definition) is 0. The van der Waals surface area contributed by atoms with E-state index in [1.165, 1.54) is 10.8 Å². The molecule has 0 bridgehead atoms. The third kappa shape index (κ3) is 5.98. The minimum absolute atomic E-state index is 0.925. The van der Waals surface area contributed by atoms with Crippen molar-refractivity contribution in [1.82, 2.24) is 9.97 Å². The lowest BCUT2D eigenvalue weighted by Gasteiger charge is -2.26.